The van der Waals surface area contributed by atoms with Crippen LogP contribution in [0, 0.1) is 5.41 Å². The molecule has 5 heteroatoms. The van der Waals surface area contributed by atoms with Gasteiger partial charge in [-0.15, -0.1) is 10.2 Å². The minimum Gasteiger partial charge on any atom is -0.315 e. The lowest BCUT2D eigenvalue weighted by Crippen LogP contribution is -2.56. The highest BCUT2D eigenvalue weighted by atomic mass is 15.6. The molecule has 0 aliphatic carbocycles. The molecule has 1 aliphatic rings. The molecule has 0 atom stereocenters. The monoisotopic (exact) mass is 243 g/mol. The van der Waals surface area contributed by atoms with Gasteiger partial charge in [-0.25, -0.2) is 0 Å². The Morgan fingerprint density at radius 3 is 2.56 bits per heavy atom. The predicted molar refractivity (Wildman–Crippen MR) is 68.0 cm³/mol. The van der Waals surface area contributed by atoms with E-state index in [-0.39, 0.29) is 5.41 Å². The lowest BCUT2D eigenvalue weighted by Gasteiger charge is -2.42. The molecule has 0 radical (unpaired) electrons. The summed E-state index contributed by atoms with van der Waals surface area (Å²) in [5, 5.41) is 15.7. The molecule has 18 heavy (non-hydrogen) atoms. The Morgan fingerprint density at radius 1 is 1.22 bits per heavy atom. The van der Waals surface area contributed by atoms with Crippen molar-refractivity contribution in [2.24, 2.45) is 12.5 Å². The molecule has 0 saturated carbocycles. The van der Waals surface area contributed by atoms with Crippen molar-refractivity contribution >= 4 is 0 Å². The van der Waals surface area contributed by atoms with Crippen molar-refractivity contribution in [2.75, 3.05) is 13.1 Å². The van der Waals surface area contributed by atoms with Crippen LogP contribution in [0.3, 0.4) is 0 Å². The summed E-state index contributed by atoms with van der Waals surface area (Å²) >= 11 is 0. The van der Waals surface area contributed by atoms with Crippen molar-refractivity contribution in [3.63, 3.8) is 0 Å². The molecule has 1 fully saturated rings. The van der Waals surface area contributed by atoms with E-state index in [1.54, 1.807) is 7.05 Å². The number of hydrogen-bond donors (Lipinski definition) is 1. The fourth-order valence-electron chi connectivity index (χ4n) is 2.55. The zero-order valence-corrected chi connectivity index (χ0v) is 10.5. The molecule has 94 valence electrons. The quantitative estimate of drug-likeness (QED) is 0.853. The molecule has 0 bridgehead atoms. The molecule has 5 nitrogen and oxygen atoms in total. The molecule has 1 N–H and O–H groups in total. The van der Waals surface area contributed by atoms with E-state index in [2.05, 4.69) is 51.1 Å². The average molecular weight is 243 g/mol. The fourth-order valence-corrected chi connectivity index (χ4v) is 2.55. The number of aryl methyl sites for hydroxylation is 1. The molecule has 2 aromatic rings. The van der Waals surface area contributed by atoms with Gasteiger partial charge >= 0.3 is 0 Å². The summed E-state index contributed by atoms with van der Waals surface area (Å²) in [6.45, 7) is 2.06. The van der Waals surface area contributed by atoms with Crippen LogP contribution in [0.2, 0.25) is 0 Å². The zero-order chi connectivity index (χ0) is 12.4. The van der Waals surface area contributed by atoms with Crippen molar-refractivity contribution in [1.82, 2.24) is 25.5 Å². The largest absolute Gasteiger partial charge is 0.315 e. The third-order valence-corrected chi connectivity index (χ3v) is 3.50. The molecule has 0 unspecified atom stereocenters. The molecule has 1 aromatic heterocycles. The Balaban J connectivity index is 1.74. The normalized spacial score (nSPS) is 17.4. The van der Waals surface area contributed by atoms with E-state index in [1.165, 1.54) is 10.4 Å². The second-order valence-electron chi connectivity index (χ2n) is 5.14. The highest BCUT2D eigenvalue weighted by Gasteiger charge is 2.38. The van der Waals surface area contributed by atoms with E-state index in [9.17, 15) is 0 Å². The minimum atomic E-state index is 0.254. The Labute approximate surface area is 106 Å². The summed E-state index contributed by atoms with van der Waals surface area (Å²) in [6.07, 6.45) is 1.96. The molecule has 2 heterocycles. The number of tetrazole rings is 1. The van der Waals surface area contributed by atoms with E-state index < -0.39 is 0 Å². The van der Waals surface area contributed by atoms with Crippen molar-refractivity contribution in [3.05, 3.63) is 41.7 Å². The van der Waals surface area contributed by atoms with Crippen LogP contribution in [-0.2, 0) is 19.9 Å². The van der Waals surface area contributed by atoms with Gasteiger partial charge in [0, 0.05) is 24.9 Å². The van der Waals surface area contributed by atoms with Gasteiger partial charge in [-0.2, -0.15) is 4.80 Å². The zero-order valence-electron chi connectivity index (χ0n) is 10.5. The smallest absolute Gasteiger partial charge is 0.175 e. The molecule has 1 aromatic carbocycles. The molecule has 3 rings (SSSR count). The molecular formula is C13H17N5. The number of nitrogens with one attached hydrogen (secondary N) is 1. The van der Waals surface area contributed by atoms with Gasteiger partial charge in [0.1, 0.15) is 0 Å². The SMILES string of the molecule is Cn1nnc(CC2(Cc3ccccc3)CNC2)n1. The van der Waals surface area contributed by atoms with Crippen LogP contribution in [0.5, 0.6) is 0 Å². The minimum absolute atomic E-state index is 0.254. The van der Waals surface area contributed by atoms with Crippen molar-refractivity contribution in [3.8, 4) is 0 Å². The highest BCUT2D eigenvalue weighted by molar-refractivity contribution is 5.19. The maximum Gasteiger partial charge on any atom is 0.175 e. The van der Waals surface area contributed by atoms with E-state index in [4.69, 9.17) is 0 Å². The second-order valence-corrected chi connectivity index (χ2v) is 5.14. The first-order valence-electron chi connectivity index (χ1n) is 6.23. The van der Waals surface area contributed by atoms with Crippen LogP contribution < -0.4 is 5.32 Å². The Kier molecular flexibility index (Phi) is 2.83. The summed E-state index contributed by atoms with van der Waals surface area (Å²) in [5.74, 6) is 0.843. The van der Waals surface area contributed by atoms with Crippen LogP contribution in [-0.4, -0.2) is 33.3 Å². The third kappa shape index (κ3) is 2.26. The fraction of sp³-hybridized carbons (Fsp3) is 0.462. The van der Waals surface area contributed by atoms with E-state index in [0.29, 0.717) is 0 Å². The molecule has 0 amide bonds. The van der Waals surface area contributed by atoms with Crippen LogP contribution in [0.4, 0.5) is 0 Å². The summed E-state index contributed by atoms with van der Waals surface area (Å²) < 4.78 is 0. The Bertz CT molecular complexity index is 515. The van der Waals surface area contributed by atoms with Gasteiger partial charge in [0.05, 0.1) is 7.05 Å². The van der Waals surface area contributed by atoms with Gasteiger partial charge in [0.2, 0.25) is 0 Å². The Morgan fingerprint density at radius 2 is 2.00 bits per heavy atom. The van der Waals surface area contributed by atoms with Crippen molar-refractivity contribution in [1.29, 1.82) is 0 Å². The lowest BCUT2D eigenvalue weighted by molar-refractivity contribution is 0.163. The number of hydrogen-bond acceptors (Lipinski definition) is 4. The van der Waals surface area contributed by atoms with Gasteiger partial charge in [-0.05, 0) is 17.2 Å². The average Bonchev–Trinajstić information content (AvgIpc) is 2.73. The summed E-state index contributed by atoms with van der Waals surface area (Å²) in [5.41, 5.74) is 1.63. The number of benzene rings is 1. The van der Waals surface area contributed by atoms with Gasteiger partial charge in [-0.1, -0.05) is 30.3 Å². The molecular weight excluding hydrogens is 226 g/mol. The second kappa shape index (κ2) is 4.49. The maximum atomic E-state index is 4.29. The van der Waals surface area contributed by atoms with Gasteiger partial charge in [0.15, 0.2) is 5.82 Å². The van der Waals surface area contributed by atoms with Crippen LogP contribution >= 0.6 is 0 Å². The first-order valence-corrected chi connectivity index (χ1v) is 6.23. The van der Waals surface area contributed by atoms with E-state index >= 15 is 0 Å². The van der Waals surface area contributed by atoms with E-state index in [0.717, 1.165) is 31.8 Å². The van der Waals surface area contributed by atoms with Crippen LogP contribution in [0.15, 0.2) is 30.3 Å². The summed E-state index contributed by atoms with van der Waals surface area (Å²) in [4.78, 5) is 1.53. The van der Waals surface area contributed by atoms with Crippen LogP contribution in [0.25, 0.3) is 0 Å². The Hall–Kier alpha value is -1.75. The summed E-state index contributed by atoms with van der Waals surface area (Å²) in [7, 11) is 1.80. The number of aromatic nitrogens is 4. The van der Waals surface area contributed by atoms with Crippen molar-refractivity contribution in [2.45, 2.75) is 12.8 Å². The molecule has 0 spiro atoms. The third-order valence-electron chi connectivity index (χ3n) is 3.50. The maximum absolute atomic E-state index is 4.29. The number of nitrogens with zero attached hydrogens (tertiary/aromatic N) is 4. The summed E-state index contributed by atoms with van der Waals surface area (Å²) in [6, 6.07) is 10.6. The first kappa shape index (κ1) is 11.3. The molecule has 1 aliphatic heterocycles. The lowest BCUT2D eigenvalue weighted by atomic mass is 9.73. The predicted octanol–water partition coefficient (Wildman–Crippen LogP) is 0.585. The van der Waals surface area contributed by atoms with Gasteiger partial charge in [0.25, 0.3) is 0 Å². The topological polar surface area (TPSA) is 55.6 Å². The number of rotatable bonds is 4. The standard InChI is InChI=1S/C13H17N5/c1-18-16-12(15-17-18)8-13(9-14-10-13)7-11-5-3-2-4-6-11/h2-6,14H,7-10H2,1H3. The van der Waals surface area contributed by atoms with E-state index in [1.807, 2.05) is 0 Å². The van der Waals surface area contributed by atoms with Crippen LogP contribution in [0.1, 0.15) is 11.4 Å². The van der Waals surface area contributed by atoms with Gasteiger partial charge < -0.3 is 5.32 Å². The molecule has 1 saturated heterocycles. The van der Waals surface area contributed by atoms with Crippen molar-refractivity contribution < 1.29 is 0 Å². The first-order chi connectivity index (χ1) is 8.76. The highest BCUT2D eigenvalue weighted by Crippen LogP contribution is 2.30. The van der Waals surface area contributed by atoms with Gasteiger partial charge in [-0.3, -0.25) is 0 Å².